The van der Waals surface area contributed by atoms with Gasteiger partial charge in [-0.3, -0.25) is 14.3 Å². The molecular formula is C17H21N5O3. The van der Waals surface area contributed by atoms with Crippen LogP contribution in [0.1, 0.15) is 12.8 Å². The van der Waals surface area contributed by atoms with Gasteiger partial charge in [-0.2, -0.15) is 5.10 Å². The number of carbonyl (C=O) groups excluding carboxylic acids is 2. The smallest absolute Gasteiger partial charge is 0.227 e. The van der Waals surface area contributed by atoms with Gasteiger partial charge in [0.15, 0.2) is 0 Å². The van der Waals surface area contributed by atoms with Crippen molar-refractivity contribution in [3.63, 3.8) is 0 Å². The third kappa shape index (κ3) is 4.14. The quantitative estimate of drug-likeness (QED) is 0.753. The van der Waals surface area contributed by atoms with Crippen molar-refractivity contribution in [2.45, 2.75) is 19.4 Å². The largest absolute Gasteiger partial charge is 0.497 e. The summed E-state index contributed by atoms with van der Waals surface area (Å²) in [6.07, 6.45) is 4.11. The second kappa shape index (κ2) is 7.78. The van der Waals surface area contributed by atoms with Crippen molar-refractivity contribution in [3.8, 4) is 5.75 Å². The molecule has 0 spiro atoms. The summed E-state index contributed by atoms with van der Waals surface area (Å²) in [5, 5.41) is 6.91. The molecule has 1 aromatic carbocycles. The zero-order chi connectivity index (χ0) is 17.6. The van der Waals surface area contributed by atoms with Crippen LogP contribution in [-0.2, 0) is 16.1 Å². The van der Waals surface area contributed by atoms with Crippen molar-refractivity contribution in [2.75, 3.05) is 25.1 Å². The first-order valence-electron chi connectivity index (χ1n) is 8.22. The molecule has 0 bridgehead atoms. The van der Waals surface area contributed by atoms with Crippen molar-refractivity contribution in [3.05, 3.63) is 36.9 Å². The molecule has 25 heavy (non-hydrogen) atoms. The summed E-state index contributed by atoms with van der Waals surface area (Å²) in [5.41, 5.74) is 0.755. The molecule has 0 saturated carbocycles. The lowest BCUT2D eigenvalue weighted by Gasteiger charge is -2.17. The van der Waals surface area contributed by atoms with Crippen molar-refractivity contribution >= 4 is 17.5 Å². The molecule has 1 aliphatic rings. The van der Waals surface area contributed by atoms with Crippen molar-refractivity contribution in [2.24, 2.45) is 5.92 Å². The molecule has 1 atom stereocenters. The van der Waals surface area contributed by atoms with Gasteiger partial charge in [-0.1, -0.05) is 6.07 Å². The molecule has 2 amide bonds. The number of anilines is 1. The molecule has 8 heteroatoms. The van der Waals surface area contributed by atoms with E-state index in [1.807, 2.05) is 18.2 Å². The maximum atomic E-state index is 12.3. The molecule has 0 radical (unpaired) electrons. The molecule has 2 aromatic rings. The van der Waals surface area contributed by atoms with Gasteiger partial charge in [0.25, 0.3) is 0 Å². The predicted octanol–water partition coefficient (Wildman–Crippen LogP) is 0.846. The number of nitrogens with zero attached hydrogens (tertiary/aromatic N) is 4. The number of hydrogen-bond donors (Lipinski definition) is 1. The van der Waals surface area contributed by atoms with Gasteiger partial charge in [0.1, 0.15) is 18.4 Å². The van der Waals surface area contributed by atoms with Gasteiger partial charge in [0.05, 0.1) is 13.0 Å². The van der Waals surface area contributed by atoms with Crippen LogP contribution in [0.2, 0.25) is 0 Å². The van der Waals surface area contributed by atoms with Gasteiger partial charge in [0, 0.05) is 37.8 Å². The molecule has 132 valence electrons. The zero-order valence-corrected chi connectivity index (χ0v) is 14.1. The van der Waals surface area contributed by atoms with Crippen LogP contribution in [0.15, 0.2) is 36.9 Å². The zero-order valence-electron chi connectivity index (χ0n) is 14.1. The van der Waals surface area contributed by atoms with Crippen LogP contribution in [0.4, 0.5) is 5.69 Å². The average molecular weight is 343 g/mol. The minimum Gasteiger partial charge on any atom is -0.497 e. The normalized spacial score (nSPS) is 16.9. The predicted molar refractivity (Wildman–Crippen MR) is 91.1 cm³/mol. The summed E-state index contributed by atoms with van der Waals surface area (Å²) in [4.78, 5) is 30.1. The highest BCUT2D eigenvalue weighted by Crippen LogP contribution is 2.27. The van der Waals surface area contributed by atoms with Crippen LogP contribution in [0.3, 0.4) is 0 Å². The second-order valence-corrected chi connectivity index (χ2v) is 5.91. The Kier molecular flexibility index (Phi) is 5.27. The molecule has 1 saturated heterocycles. The van der Waals surface area contributed by atoms with Gasteiger partial charge in [-0.05, 0) is 18.6 Å². The third-order valence-electron chi connectivity index (χ3n) is 4.19. The number of nitrogens with one attached hydrogen (secondary N) is 1. The Hall–Kier alpha value is -2.90. The third-order valence-corrected chi connectivity index (χ3v) is 4.19. The lowest BCUT2D eigenvalue weighted by molar-refractivity contribution is -0.126. The molecule has 8 nitrogen and oxygen atoms in total. The number of hydrogen-bond acceptors (Lipinski definition) is 5. The highest BCUT2D eigenvalue weighted by molar-refractivity contribution is 6.00. The maximum Gasteiger partial charge on any atom is 0.227 e. The van der Waals surface area contributed by atoms with E-state index in [0.29, 0.717) is 25.4 Å². The van der Waals surface area contributed by atoms with E-state index in [2.05, 4.69) is 15.4 Å². The van der Waals surface area contributed by atoms with Crippen molar-refractivity contribution in [1.82, 2.24) is 20.1 Å². The van der Waals surface area contributed by atoms with Crippen LogP contribution in [0.25, 0.3) is 0 Å². The maximum absolute atomic E-state index is 12.3. The molecule has 1 aliphatic heterocycles. The average Bonchev–Trinajstić information content (AvgIpc) is 3.28. The summed E-state index contributed by atoms with van der Waals surface area (Å²) in [6, 6.07) is 7.30. The lowest BCUT2D eigenvalue weighted by Crippen LogP contribution is -2.33. The molecule has 1 N–H and O–H groups in total. The summed E-state index contributed by atoms with van der Waals surface area (Å²) in [7, 11) is 1.58. The number of methoxy groups -OCH3 is 1. The fourth-order valence-electron chi connectivity index (χ4n) is 2.86. The Morgan fingerprint density at radius 2 is 2.32 bits per heavy atom. The number of aryl methyl sites for hydroxylation is 1. The Morgan fingerprint density at radius 3 is 3.08 bits per heavy atom. The van der Waals surface area contributed by atoms with Crippen LogP contribution in [0.5, 0.6) is 5.75 Å². The molecule has 2 heterocycles. The Labute approximate surface area is 145 Å². The Balaban J connectivity index is 1.50. The highest BCUT2D eigenvalue weighted by Gasteiger charge is 2.35. The first kappa shape index (κ1) is 16.9. The number of rotatable bonds is 7. The number of amides is 2. The fraction of sp³-hybridized carbons (Fsp3) is 0.412. The Morgan fingerprint density at radius 1 is 1.44 bits per heavy atom. The van der Waals surface area contributed by atoms with Crippen LogP contribution in [-0.4, -0.2) is 46.8 Å². The van der Waals surface area contributed by atoms with Gasteiger partial charge in [-0.25, -0.2) is 4.98 Å². The molecular weight excluding hydrogens is 322 g/mol. The van der Waals surface area contributed by atoms with E-state index < -0.39 is 0 Å². The Bertz CT molecular complexity index is 732. The van der Waals surface area contributed by atoms with E-state index in [0.717, 1.165) is 12.1 Å². The molecule has 1 unspecified atom stereocenters. The van der Waals surface area contributed by atoms with Crippen molar-refractivity contribution < 1.29 is 14.3 Å². The van der Waals surface area contributed by atoms with E-state index in [4.69, 9.17) is 4.74 Å². The summed E-state index contributed by atoms with van der Waals surface area (Å²) < 4.78 is 6.91. The topological polar surface area (TPSA) is 89.3 Å². The number of ether oxygens (including phenoxy) is 1. The SMILES string of the molecule is COc1cccc(N2CC(C(=O)NCCCn3cncn3)CC2=O)c1. The minimum absolute atomic E-state index is 0.0454. The summed E-state index contributed by atoms with van der Waals surface area (Å²) >= 11 is 0. The second-order valence-electron chi connectivity index (χ2n) is 5.91. The molecule has 1 fully saturated rings. The van der Waals surface area contributed by atoms with Gasteiger partial charge in [-0.15, -0.1) is 0 Å². The first-order valence-corrected chi connectivity index (χ1v) is 8.22. The van der Waals surface area contributed by atoms with Crippen LogP contribution in [0, 0.1) is 5.92 Å². The van der Waals surface area contributed by atoms with Crippen LogP contribution >= 0.6 is 0 Å². The molecule has 1 aromatic heterocycles. The highest BCUT2D eigenvalue weighted by atomic mass is 16.5. The number of benzene rings is 1. The fourth-order valence-corrected chi connectivity index (χ4v) is 2.86. The number of aromatic nitrogens is 3. The van der Waals surface area contributed by atoms with Crippen LogP contribution < -0.4 is 15.0 Å². The van der Waals surface area contributed by atoms with Gasteiger partial charge < -0.3 is 15.0 Å². The number of carbonyl (C=O) groups is 2. The van der Waals surface area contributed by atoms with E-state index >= 15 is 0 Å². The van der Waals surface area contributed by atoms with Crippen molar-refractivity contribution in [1.29, 1.82) is 0 Å². The summed E-state index contributed by atoms with van der Waals surface area (Å²) in [5.74, 6) is 0.227. The first-order chi connectivity index (χ1) is 12.2. The van der Waals surface area contributed by atoms with Gasteiger partial charge >= 0.3 is 0 Å². The van der Waals surface area contributed by atoms with E-state index in [1.165, 1.54) is 6.33 Å². The van der Waals surface area contributed by atoms with E-state index in [9.17, 15) is 9.59 Å². The molecule has 0 aliphatic carbocycles. The van der Waals surface area contributed by atoms with Gasteiger partial charge in [0.2, 0.25) is 11.8 Å². The minimum atomic E-state index is -0.329. The van der Waals surface area contributed by atoms with E-state index in [-0.39, 0.29) is 24.2 Å². The standard InChI is InChI=1S/C17H21N5O3/c1-25-15-5-2-4-14(9-15)22-10-13(8-16(22)23)17(24)19-6-3-7-21-12-18-11-20-21/h2,4-5,9,11-13H,3,6-8,10H2,1H3,(H,19,24). The lowest BCUT2D eigenvalue weighted by atomic mass is 10.1. The van der Waals surface area contributed by atoms with E-state index in [1.54, 1.807) is 29.1 Å². The summed E-state index contributed by atoms with van der Waals surface area (Å²) in [6.45, 7) is 1.63. The monoisotopic (exact) mass is 343 g/mol. The molecule has 3 rings (SSSR count).